The van der Waals surface area contributed by atoms with Gasteiger partial charge in [0.15, 0.2) is 11.5 Å². The highest BCUT2D eigenvalue weighted by Gasteiger charge is 2.21. The van der Waals surface area contributed by atoms with Crippen molar-refractivity contribution in [3.05, 3.63) is 104 Å². The third-order valence-corrected chi connectivity index (χ3v) is 6.77. The van der Waals surface area contributed by atoms with Crippen LogP contribution >= 0.6 is 0 Å². The summed E-state index contributed by atoms with van der Waals surface area (Å²) in [4.78, 5) is 23.8. The Bertz CT molecular complexity index is 1720. The number of ether oxygens (including phenoxy) is 1. The molecule has 8 heteroatoms. The second-order valence-electron chi connectivity index (χ2n) is 9.35. The highest BCUT2D eigenvalue weighted by atomic mass is 16.5. The van der Waals surface area contributed by atoms with Gasteiger partial charge in [0.05, 0.1) is 13.2 Å². The second kappa shape index (κ2) is 9.20. The number of aryl methyl sites for hydroxylation is 4. The number of nitrogens with zero attached hydrogens (tertiary/aromatic N) is 4. The lowest BCUT2D eigenvalue weighted by Crippen LogP contribution is -2.07. The van der Waals surface area contributed by atoms with Gasteiger partial charge in [0, 0.05) is 5.69 Å². The van der Waals surface area contributed by atoms with E-state index in [9.17, 15) is 4.79 Å². The summed E-state index contributed by atoms with van der Waals surface area (Å²) in [5, 5.41) is 3.87. The number of nitrogens with one attached hydrogen (secondary N) is 1. The lowest BCUT2D eigenvalue weighted by atomic mass is 9.92. The zero-order valence-electron chi connectivity index (χ0n) is 21.0. The molecule has 37 heavy (non-hydrogen) atoms. The summed E-state index contributed by atoms with van der Waals surface area (Å²) in [6.45, 7) is 7.14. The lowest BCUT2D eigenvalue weighted by Gasteiger charge is -2.14. The summed E-state index contributed by atoms with van der Waals surface area (Å²) in [6, 6.07) is 17.5. The van der Waals surface area contributed by atoms with Crippen molar-refractivity contribution in [2.24, 2.45) is 0 Å². The summed E-state index contributed by atoms with van der Waals surface area (Å²) in [5.74, 6) is -0.171. The molecule has 0 unspecified atom stereocenters. The van der Waals surface area contributed by atoms with Gasteiger partial charge in [-0.25, -0.2) is 9.78 Å². The number of hydrogen-bond acceptors (Lipinski definition) is 6. The number of hydrogen-bond donors (Lipinski definition) is 1. The molecular weight excluding hydrogens is 466 g/mol. The molecule has 0 fully saturated rings. The van der Waals surface area contributed by atoms with Crippen molar-refractivity contribution in [1.29, 1.82) is 0 Å². The fraction of sp³-hybridized carbons (Fsp3) is 0.241. The third-order valence-electron chi connectivity index (χ3n) is 6.77. The molecule has 0 saturated carbocycles. The molecule has 0 saturated heterocycles. The average molecular weight is 494 g/mol. The lowest BCUT2D eigenvalue weighted by molar-refractivity contribution is 0.301. The van der Waals surface area contributed by atoms with Crippen LogP contribution in [-0.4, -0.2) is 31.3 Å². The molecule has 0 atom stereocenters. The van der Waals surface area contributed by atoms with Crippen LogP contribution < -0.4 is 10.5 Å². The Labute approximate surface area is 213 Å². The Hall–Kier alpha value is -4.46. The minimum Gasteiger partial charge on any atom is -0.465 e. The first-order valence-electron chi connectivity index (χ1n) is 12.5. The molecule has 6 rings (SSSR count). The number of pyridine rings is 1. The molecule has 1 N–H and O–H groups in total. The molecule has 3 heterocycles. The summed E-state index contributed by atoms with van der Waals surface area (Å²) in [6.07, 6.45) is 3.70. The molecule has 0 amide bonds. The molecule has 1 aliphatic carbocycles. The fourth-order valence-electron chi connectivity index (χ4n) is 5.17. The van der Waals surface area contributed by atoms with Crippen molar-refractivity contribution in [3.8, 4) is 6.01 Å². The van der Waals surface area contributed by atoms with Crippen LogP contribution in [0.5, 0.6) is 6.01 Å². The van der Waals surface area contributed by atoms with Gasteiger partial charge < -0.3 is 4.74 Å². The molecule has 0 radical (unpaired) electrons. The number of rotatable bonds is 5. The number of benzene rings is 2. The van der Waals surface area contributed by atoms with Gasteiger partial charge in [-0.05, 0) is 84.7 Å². The SMILES string of the molecule is CCOc1nc2c(C)cc(C)nc2n1Cc1ccc2c(c1)CCc1ccccc1/C2=C/c1noc(=O)[nH]1. The normalized spacial score (nSPS) is 14.0. The zero-order valence-corrected chi connectivity index (χ0v) is 21.0. The number of aromatic amines is 1. The van der Waals surface area contributed by atoms with Crippen LogP contribution in [0.2, 0.25) is 0 Å². The van der Waals surface area contributed by atoms with E-state index in [1.54, 1.807) is 0 Å². The number of fused-ring (bicyclic) bond motifs is 3. The van der Waals surface area contributed by atoms with Crippen molar-refractivity contribution in [1.82, 2.24) is 24.7 Å². The van der Waals surface area contributed by atoms with E-state index in [0.717, 1.165) is 57.5 Å². The van der Waals surface area contributed by atoms with Gasteiger partial charge in [-0.3, -0.25) is 14.1 Å². The maximum atomic E-state index is 11.6. The fourth-order valence-corrected chi connectivity index (χ4v) is 5.17. The minimum absolute atomic E-state index is 0.398. The van der Waals surface area contributed by atoms with Crippen molar-refractivity contribution < 1.29 is 9.26 Å². The van der Waals surface area contributed by atoms with Crippen LogP contribution in [0.1, 0.15) is 51.8 Å². The van der Waals surface area contributed by atoms with Crippen LogP contribution in [-0.2, 0) is 19.4 Å². The van der Waals surface area contributed by atoms with E-state index < -0.39 is 5.76 Å². The monoisotopic (exact) mass is 493 g/mol. The summed E-state index contributed by atoms with van der Waals surface area (Å²) in [5.41, 5.74) is 10.6. The Morgan fingerprint density at radius 1 is 1.05 bits per heavy atom. The van der Waals surface area contributed by atoms with E-state index in [4.69, 9.17) is 19.2 Å². The molecule has 0 spiro atoms. The van der Waals surface area contributed by atoms with Gasteiger partial charge in [-0.2, -0.15) is 4.98 Å². The predicted molar refractivity (Wildman–Crippen MR) is 142 cm³/mol. The second-order valence-corrected chi connectivity index (χ2v) is 9.35. The van der Waals surface area contributed by atoms with Crippen LogP contribution in [0.25, 0.3) is 22.8 Å². The van der Waals surface area contributed by atoms with Gasteiger partial charge in [-0.1, -0.05) is 47.6 Å². The molecular formula is C29H27N5O3. The van der Waals surface area contributed by atoms with Gasteiger partial charge in [0.1, 0.15) is 5.52 Å². The van der Waals surface area contributed by atoms with Crippen LogP contribution in [0.4, 0.5) is 0 Å². The predicted octanol–water partition coefficient (Wildman–Crippen LogP) is 4.86. The molecule has 0 aliphatic heterocycles. The van der Waals surface area contributed by atoms with Crippen molar-refractivity contribution >= 4 is 22.8 Å². The van der Waals surface area contributed by atoms with E-state index in [0.29, 0.717) is 25.0 Å². The van der Waals surface area contributed by atoms with Gasteiger partial charge in [0.25, 0.3) is 6.01 Å². The standard InChI is InChI=1S/C29H27N5O3/c1-4-36-28-32-26-17(2)13-18(3)30-27(26)34(28)16-19-9-12-23-21(14-19)11-10-20-7-5-6-8-22(20)24(23)15-25-31-29(35)37-33-25/h5-9,12-15H,4,10-11,16H2,1-3H3,(H,31,33,35)/b24-15-. The molecule has 5 aromatic rings. The van der Waals surface area contributed by atoms with Crippen LogP contribution in [0, 0.1) is 13.8 Å². The van der Waals surface area contributed by atoms with Gasteiger partial charge >= 0.3 is 5.76 Å². The minimum atomic E-state index is -0.568. The van der Waals surface area contributed by atoms with E-state index in [1.165, 1.54) is 11.1 Å². The molecule has 1 aliphatic rings. The highest BCUT2D eigenvalue weighted by Crippen LogP contribution is 2.35. The van der Waals surface area contributed by atoms with E-state index in [2.05, 4.69) is 58.0 Å². The Morgan fingerprint density at radius 3 is 2.68 bits per heavy atom. The summed E-state index contributed by atoms with van der Waals surface area (Å²) in [7, 11) is 0. The molecule has 186 valence electrons. The molecule has 2 aromatic carbocycles. The van der Waals surface area contributed by atoms with Crippen LogP contribution in [0.15, 0.2) is 57.8 Å². The first-order chi connectivity index (χ1) is 18.0. The first-order valence-corrected chi connectivity index (χ1v) is 12.5. The maximum absolute atomic E-state index is 11.6. The third kappa shape index (κ3) is 4.24. The van der Waals surface area contributed by atoms with Gasteiger partial charge in [-0.15, -0.1) is 0 Å². The number of H-pyrrole nitrogens is 1. The summed E-state index contributed by atoms with van der Waals surface area (Å²) >= 11 is 0. The van der Waals surface area contributed by atoms with E-state index >= 15 is 0 Å². The molecule has 0 bridgehead atoms. The summed E-state index contributed by atoms with van der Waals surface area (Å²) < 4.78 is 12.7. The van der Waals surface area contributed by atoms with E-state index in [-0.39, 0.29) is 0 Å². The van der Waals surface area contributed by atoms with Crippen molar-refractivity contribution in [2.45, 2.75) is 40.2 Å². The molecule has 8 nitrogen and oxygen atoms in total. The van der Waals surface area contributed by atoms with Crippen molar-refractivity contribution in [2.75, 3.05) is 6.61 Å². The largest absolute Gasteiger partial charge is 0.465 e. The Balaban J connectivity index is 1.45. The topological polar surface area (TPSA) is 98.8 Å². The number of aromatic nitrogens is 5. The number of imidazole rings is 1. The van der Waals surface area contributed by atoms with E-state index in [1.807, 2.05) is 32.1 Å². The smallest absolute Gasteiger partial charge is 0.439 e. The first kappa shape index (κ1) is 23.0. The quantitative estimate of drug-likeness (QED) is 0.375. The Morgan fingerprint density at radius 2 is 1.86 bits per heavy atom. The zero-order chi connectivity index (χ0) is 25.5. The Kier molecular flexibility index (Phi) is 5.71. The van der Waals surface area contributed by atoms with Crippen molar-refractivity contribution in [3.63, 3.8) is 0 Å². The van der Waals surface area contributed by atoms with Gasteiger partial charge in [0.2, 0.25) is 0 Å². The molecule has 3 aromatic heterocycles. The maximum Gasteiger partial charge on any atom is 0.439 e. The van der Waals surface area contributed by atoms with Crippen LogP contribution in [0.3, 0.4) is 0 Å². The highest BCUT2D eigenvalue weighted by molar-refractivity contribution is 5.93. The average Bonchev–Trinajstić information content (AvgIpc) is 3.40.